The fourth-order valence-electron chi connectivity index (χ4n) is 2.16. The number of oxazole rings is 1. The van der Waals surface area contributed by atoms with Crippen LogP contribution >= 0.6 is 33.9 Å². The number of hydrogen-bond donors (Lipinski definition) is 0. The molecule has 0 unspecified atom stereocenters. The van der Waals surface area contributed by atoms with Crippen LogP contribution in [0.3, 0.4) is 0 Å². The number of benzene rings is 2. The van der Waals surface area contributed by atoms with Crippen LogP contribution in [0.15, 0.2) is 59.5 Å². The van der Waals surface area contributed by atoms with Gasteiger partial charge >= 0.3 is 0 Å². The van der Waals surface area contributed by atoms with Crippen LogP contribution < -0.4 is 0 Å². The molecule has 0 amide bonds. The topological polar surface area (TPSA) is 38.9 Å². The van der Waals surface area contributed by atoms with Crippen molar-refractivity contribution in [2.75, 3.05) is 0 Å². The van der Waals surface area contributed by atoms with Gasteiger partial charge in [0.2, 0.25) is 0 Å². The Kier molecular flexibility index (Phi) is 3.23. The van der Waals surface area contributed by atoms with Crippen molar-refractivity contribution in [2.24, 2.45) is 0 Å². The van der Waals surface area contributed by atoms with Gasteiger partial charge in [0.1, 0.15) is 5.01 Å². The summed E-state index contributed by atoms with van der Waals surface area (Å²) in [5.74, 6) is 0.778. The quantitative estimate of drug-likeness (QED) is 0.430. The van der Waals surface area contributed by atoms with E-state index in [0.717, 1.165) is 27.4 Å². The van der Waals surface area contributed by atoms with Gasteiger partial charge < -0.3 is 4.42 Å². The summed E-state index contributed by atoms with van der Waals surface area (Å²) in [5.41, 5.74) is 3.20. The van der Waals surface area contributed by atoms with E-state index in [9.17, 15) is 0 Å². The monoisotopic (exact) mass is 404 g/mol. The van der Waals surface area contributed by atoms with Gasteiger partial charge in [-0.3, -0.25) is 0 Å². The third-order valence-corrected chi connectivity index (χ3v) is 4.95. The van der Waals surface area contributed by atoms with Gasteiger partial charge in [-0.15, -0.1) is 11.3 Å². The Morgan fingerprint density at radius 3 is 2.57 bits per heavy atom. The summed E-state index contributed by atoms with van der Waals surface area (Å²) in [6.45, 7) is 0. The van der Waals surface area contributed by atoms with Crippen molar-refractivity contribution in [2.45, 2.75) is 0 Å². The van der Waals surface area contributed by atoms with Crippen molar-refractivity contribution in [3.8, 4) is 21.9 Å². The molecule has 0 radical (unpaired) electrons. The van der Waals surface area contributed by atoms with E-state index < -0.39 is 0 Å². The van der Waals surface area contributed by atoms with Crippen LogP contribution in [-0.4, -0.2) is 9.97 Å². The Bertz CT molecular complexity index is 898. The first-order valence-electron chi connectivity index (χ1n) is 6.35. The molecule has 2 aromatic carbocycles. The number of fused-ring (bicyclic) bond motifs is 1. The summed E-state index contributed by atoms with van der Waals surface area (Å²) >= 11 is 4.02. The van der Waals surface area contributed by atoms with Crippen LogP contribution in [0.4, 0.5) is 0 Å². The predicted octanol–water partition coefficient (Wildman–Crippen LogP) is 5.22. The molecule has 3 nitrogen and oxygen atoms in total. The van der Waals surface area contributed by atoms with E-state index in [1.165, 1.54) is 14.7 Å². The zero-order chi connectivity index (χ0) is 14.2. The van der Waals surface area contributed by atoms with Gasteiger partial charge in [-0.1, -0.05) is 24.3 Å². The van der Waals surface area contributed by atoms with Gasteiger partial charge in [-0.05, 0) is 40.8 Å². The third kappa shape index (κ3) is 2.47. The first-order chi connectivity index (χ1) is 10.3. The van der Waals surface area contributed by atoms with Crippen molar-refractivity contribution >= 4 is 44.1 Å². The first kappa shape index (κ1) is 13.0. The zero-order valence-corrected chi connectivity index (χ0v) is 13.8. The number of halogens is 1. The average Bonchev–Trinajstić information content (AvgIpc) is 3.16. The second-order valence-corrected chi connectivity index (χ2v) is 6.85. The maximum Gasteiger partial charge on any atom is 0.181 e. The fourth-order valence-corrected chi connectivity index (χ4v) is 3.59. The van der Waals surface area contributed by atoms with E-state index in [4.69, 9.17) is 9.40 Å². The number of hydrogen-bond acceptors (Lipinski definition) is 4. The summed E-state index contributed by atoms with van der Waals surface area (Å²) in [6, 6.07) is 14.6. The lowest BCUT2D eigenvalue weighted by atomic mass is 10.1. The van der Waals surface area contributed by atoms with Crippen LogP contribution in [0, 0.1) is 3.57 Å². The fraction of sp³-hybridized carbons (Fsp3) is 0. The van der Waals surface area contributed by atoms with E-state index >= 15 is 0 Å². The molecule has 0 aliphatic carbocycles. The molecule has 21 heavy (non-hydrogen) atoms. The second-order valence-electron chi connectivity index (χ2n) is 4.57. The highest BCUT2D eigenvalue weighted by molar-refractivity contribution is 14.1. The Balaban J connectivity index is 1.74. The smallest absolute Gasteiger partial charge is 0.181 e. The molecule has 0 spiro atoms. The second kappa shape index (κ2) is 5.23. The first-order valence-corrected chi connectivity index (χ1v) is 8.24. The van der Waals surface area contributed by atoms with Gasteiger partial charge in [0.15, 0.2) is 12.2 Å². The van der Waals surface area contributed by atoms with E-state index in [2.05, 4.69) is 57.9 Å². The molecule has 0 saturated carbocycles. The third-order valence-electron chi connectivity index (χ3n) is 3.20. The van der Waals surface area contributed by atoms with Crippen LogP contribution in [-0.2, 0) is 0 Å². The molecule has 0 aliphatic heterocycles. The van der Waals surface area contributed by atoms with Gasteiger partial charge in [-0.2, -0.15) is 0 Å². The molecule has 0 saturated heterocycles. The Morgan fingerprint density at radius 1 is 1.00 bits per heavy atom. The summed E-state index contributed by atoms with van der Waals surface area (Å²) in [4.78, 5) is 8.65. The number of aromatic nitrogens is 2. The van der Waals surface area contributed by atoms with E-state index in [0.29, 0.717) is 0 Å². The maximum absolute atomic E-state index is 5.30. The minimum atomic E-state index is 0.778. The lowest BCUT2D eigenvalue weighted by Crippen LogP contribution is -1.78. The lowest BCUT2D eigenvalue weighted by molar-refractivity contribution is 0.572. The standard InChI is InChI=1S/C16H9IN2OS/c17-12-5-6-15-13(7-12)19-16(21-15)11-3-1-10(2-4-11)14-8-18-9-20-14/h1-9H. The summed E-state index contributed by atoms with van der Waals surface area (Å²) < 4.78 is 7.72. The zero-order valence-electron chi connectivity index (χ0n) is 10.8. The van der Waals surface area contributed by atoms with Crippen molar-refractivity contribution in [1.29, 1.82) is 0 Å². The Morgan fingerprint density at radius 2 is 1.81 bits per heavy atom. The number of thiazole rings is 1. The van der Waals surface area contributed by atoms with Crippen LogP contribution in [0.1, 0.15) is 0 Å². The molecule has 0 aliphatic rings. The summed E-state index contributed by atoms with van der Waals surface area (Å²) in [7, 11) is 0. The van der Waals surface area contributed by atoms with Gasteiger partial charge in [0, 0.05) is 14.7 Å². The van der Waals surface area contributed by atoms with E-state index in [-0.39, 0.29) is 0 Å². The highest BCUT2D eigenvalue weighted by Crippen LogP contribution is 2.32. The molecule has 0 fully saturated rings. The predicted molar refractivity (Wildman–Crippen MR) is 93.3 cm³/mol. The highest BCUT2D eigenvalue weighted by Gasteiger charge is 2.08. The number of rotatable bonds is 2. The van der Waals surface area contributed by atoms with Crippen LogP contribution in [0.2, 0.25) is 0 Å². The van der Waals surface area contributed by atoms with Gasteiger partial charge in [0.05, 0.1) is 16.4 Å². The number of nitrogens with zero attached hydrogens (tertiary/aromatic N) is 2. The normalized spacial score (nSPS) is 11.1. The molecular weight excluding hydrogens is 395 g/mol. The van der Waals surface area contributed by atoms with E-state index in [1.54, 1.807) is 17.5 Å². The summed E-state index contributed by atoms with van der Waals surface area (Å²) in [6.07, 6.45) is 3.16. The molecule has 5 heteroatoms. The molecule has 0 N–H and O–H groups in total. The minimum Gasteiger partial charge on any atom is -0.444 e. The minimum absolute atomic E-state index is 0.778. The molecule has 102 valence electrons. The van der Waals surface area contributed by atoms with Crippen LogP contribution in [0.25, 0.3) is 32.1 Å². The van der Waals surface area contributed by atoms with Gasteiger partial charge in [0.25, 0.3) is 0 Å². The molecule has 0 atom stereocenters. The molecule has 4 rings (SSSR count). The SMILES string of the molecule is Ic1ccc2sc(-c3ccc(-c4cnco4)cc3)nc2c1. The Labute approximate surface area is 138 Å². The van der Waals surface area contributed by atoms with Crippen molar-refractivity contribution in [3.63, 3.8) is 0 Å². The van der Waals surface area contributed by atoms with Gasteiger partial charge in [-0.25, -0.2) is 9.97 Å². The largest absolute Gasteiger partial charge is 0.444 e. The molecule has 0 bridgehead atoms. The highest BCUT2D eigenvalue weighted by atomic mass is 127. The van der Waals surface area contributed by atoms with E-state index in [1.807, 2.05) is 12.1 Å². The lowest BCUT2D eigenvalue weighted by Gasteiger charge is -1.98. The van der Waals surface area contributed by atoms with Crippen molar-refractivity contribution < 1.29 is 4.42 Å². The summed E-state index contributed by atoms with van der Waals surface area (Å²) in [5, 5.41) is 1.04. The molecule has 2 heterocycles. The van der Waals surface area contributed by atoms with Crippen molar-refractivity contribution in [3.05, 3.63) is 58.6 Å². The Hall–Kier alpha value is -1.73. The maximum atomic E-state index is 5.30. The molecule has 2 aromatic heterocycles. The molecule has 4 aromatic rings. The van der Waals surface area contributed by atoms with Crippen LogP contribution in [0.5, 0.6) is 0 Å². The van der Waals surface area contributed by atoms with Crippen molar-refractivity contribution in [1.82, 2.24) is 9.97 Å². The molecular formula is C16H9IN2OS. The average molecular weight is 404 g/mol.